The maximum absolute atomic E-state index is 13.1. The van der Waals surface area contributed by atoms with Gasteiger partial charge in [0.2, 0.25) is 10.0 Å². The molecule has 1 heterocycles. The van der Waals surface area contributed by atoms with Gasteiger partial charge in [-0.3, -0.25) is 9.59 Å². The Labute approximate surface area is 221 Å². The molecule has 0 unspecified atom stereocenters. The Balaban J connectivity index is 2.01. The molecule has 0 bridgehead atoms. The number of fused-ring (bicyclic) bond motifs is 1. The standard InChI is InChI=1S/C26H33N3O6S2/c1-5-16-28(17-6-2)37(32,33)20-14-12-19(13-15-20)25(31)27-26-29(18-23(30)35-8-4)24-21(34-7-3)10-9-11-22(24)36-26/h9-15H,5-8,16-18H2,1-4H3. The predicted molar refractivity (Wildman–Crippen MR) is 143 cm³/mol. The van der Waals surface area contributed by atoms with Crippen LogP contribution in [0, 0.1) is 0 Å². The molecule has 9 nitrogen and oxygen atoms in total. The smallest absolute Gasteiger partial charge is 0.326 e. The fourth-order valence-electron chi connectivity index (χ4n) is 3.86. The van der Waals surface area contributed by atoms with Crippen LogP contribution in [0.25, 0.3) is 10.2 Å². The molecule has 0 atom stereocenters. The highest BCUT2D eigenvalue weighted by molar-refractivity contribution is 7.89. The molecule has 1 aromatic heterocycles. The van der Waals surface area contributed by atoms with Crippen molar-refractivity contribution >= 4 is 43.5 Å². The molecule has 3 aromatic rings. The normalized spacial score (nSPS) is 12.3. The Kier molecular flexibility index (Phi) is 10.0. The van der Waals surface area contributed by atoms with E-state index in [4.69, 9.17) is 9.47 Å². The van der Waals surface area contributed by atoms with E-state index in [0.717, 1.165) is 4.70 Å². The van der Waals surface area contributed by atoms with Gasteiger partial charge in [0.15, 0.2) is 4.80 Å². The Hall–Kier alpha value is -3.02. The third-order valence-electron chi connectivity index (χ3n) is 5.44. The molecule has 0 aliphatic rings. The zero-order valence-corrected chi connectivity index (χ0v) is 23.2. The zero-order chi connectivity index (χ0) is 27.0. The summed E-state index contributed by atoms with van der Waals surface area (Å²) in [5.74, 6) is -0.432. The number of esters is 1. The number of hydrogen-bond acceptors (Lipinski definition) is 7. The van der Waals surface area contributed by atoms with Crippen LogP contribution < -0.4 is 9.54 Å². The molecule has 0 spiro atoms. The summed E-state index contributed by atoms with van der Waals surface area (Å²) < 4.78 is 40.8. The van der Waals surface area contributed by atoms with Crippen LogP contribution in [0.1, 0.15) is 50.9 Å². The summed E-state index contributed by atoms with van der Waals surface area (Å²) in [4.78, 5) is 30.2. The summed E-state index contributed by atoms with van der Waals surface area (Å²) in [6.45, 7) is 8.85. The van der Waals surface area contributed by atoms with Gasteiger partial charge in [0.1, 0.15) is 17.8 Å². The number of carbonyl (C=O) groups is 2. The van der Waals surface area contributed by atoms with Crippen LogP contribution in [0.3, 0.4) is 0 Å². The number of nitrogens with zero attached hydrogens (tertiary/aromatic N) is 3. The predicted octanol–water partition coefficient (Wildman–Crippen LogP) is 4.22. The molecule has 1 amide bonds. The molecule has 0 N–H and O–H groups in total. The lowest BCUT2D eigenvalue weighted by molar-refractivity contribution is -0.143. The van der Waals surface area contributed by atoms with Gasteiger partial charge < -0.3 is 14.0 Å². The van der Waals surface area contributed by atoms with E-state index in [1.54, 1.807) is 17.6 Å². The number of ether oxygens (including phenoxy) is 2. The topological polar surface area (TPSA) is 107 Å². The van der Waals surface area contributed by atoms with Crippen molar-refractivity contribution < 1.29 is 27.5 Å². The number of benzene rings is 2. The number of carbonyl (C=O) groups excluding carboxylic acids is 2. The first-order chi connectivity index (χ1) is 17.8. The van der Waals surface area contributed by atoms with Crippen molar-refractivity contribution in [3.8, 4) is 5.75 Å². The van der Waals surface area contributed by atoms with Crippen LogP contribution in [-0.2, 0) is 26.1 Å². The average molecular weight is 548 g/mol. The SMILES string of the molecule is CCCN(CCC)S(=O)(=O)c1ccc(C(=O)N=c2sc3cccc(OCC)c3n2CC(=O)OCC)cc1. The largest absolute Gasteiger partial charge is 0.492 e. The highest BCUT2D eigenvalue weighted by atomic mass is 32.2. The molecule has 3 rings (SSSR count). The van der Waals surface area contributed by atoms with Gasteiger partial charge in [-0.25, -0.2) is 8.42 Å². The summed E-state index contributed by atoms with van der Waals surface area (Å²) in [5.41, 5.74) is 0.893. The van der Waals surface area contributed by atoms with Gasteiger partial charge >= 0.3 is 5.97 Å². The van der Waals surface area contributed by atoms with Crippen molar-refractivity contribution in [1.82, 2.24) is 8.87 Å². The third-order valence-corrected chi connectivity index (χ3v) is 8.40. The van der Waals surface area contributed by atoms with Crippen molar-refractivity contribution in [2.24, 2.45) is 4.99 Å². The Morgan fingerprint density at radius 2 is 1.65 bits per heavy atom. The number of hydrogen-bond donors (Lipinski definition) is 0. The first kappa shape index (κ1) is 28.5. The molecule has 11 heteroatoms. The highest BCUT2D eigenvalue weighted by Crippen LogP contribution is 2.28. The Morgan fingerprint density at radius 3 is 2.24 bits per heavy atom. The van der Waals surface area contributed by atoms with Gasteiger partial charge in [0, 0.05) is 18.7 Å². The number of para-hydroxylation sites is 1. The van der Waals surface area contributed by atoms with Crippen molar-refractivity contribution in [2.45, 2.75) is 52.0 Å². The van der Waals surface area contributed by atoms with Gasteiger partial charge in [0.25, 0.3) is 5.91 Å². The number of amides is 1. The summed E-state index contributed by atoms with van der Waals surface area (Å²) in [6, 6.07) is 11.3. The summed E-state index contributed by atoms with van der Waals surface area (Å²) in [6.07, 6.45) is 1.42. The fourth-order valence-corrected chi connectivity index (χ4v) is 6.53. The minimum absolute atomic E-state index is 0.131. The van der Waals surface area contributed by atoms with Gasteiger partial charge in [-0.15, -0.1) is 0 Å². The van der Waals surface area contributed by atoms with Crippen LogP contribution >= 0.6 is 11.3 Å². The second kappa shape index (κ2) is 13.0. The molecule has 0 aliphatic carbocycles. The van der Waals surface area contributed by atoms with Crippen molar-refractivity contribution in [2.75, 3.05) is 26.3 Å². The van der Waals surface area contributed by atoms with Crippen LogP contribution in [0.15, 0.2) is 52.4 Å². The lowest BCUT2D eigenvalue weighted by Gasteiger charge is -2.21. The monoisotopic (exact) mass is 547 g/mol. The molecular weight excluding hydrogens is 514 g/mol. The maximum Gasteiger partial charge on any atom is 0.326 e. The molecule has 200 valence electrons. The van der Waals surface area contributed by atoms with Crippen molar-refractivity contribution in [1.29, 1.82) is 0 Å². The Morgan fingerprint density at radius 1 is 0.973 bits per heavy atom. The van der Waals surface area contributed by atoms with Crippen molar-refractivity contribution in [3.05, 3.63) is 52.8 Å². The van der Waals surface area contributed by atoms with E-state index >= 15 is 0 Å². The summed E-state index contributed by atoms with van der Waals surface area (Å²) in [7, 11) is -3.66. The number of thiazole rings is 1. The number of aromatic nitrogens is 1. The van der Waals surface area contributed by atoms with Crippen LogP contribution in [0.4, 0.5) is 0 Å². The minimum atomic E-state index is -3.66. The first-order valence-corrected chi connectivity index (χ1v) is 14.6. The second-order valence-corrected chi connectivity index (χ2v) is 11.1. The van der Waals surface area contributed by atoms with E-state index in [-0.39, 0.29) is 23.6 Å². The second-order valence-electron chi connectivity index (χ2n) is 8.16. The van der Waals surface area contributed by atoms with Gasteiger partial charge in [0.05, 0.1) is 22.8 Å². The minimum Gasteiger partial charge on any atom is -0.492 e. The molecular formula is C26H33N3O6S2. The van der Waals surface area contributed by atoms with Gasteiger partial charge in [-0.1, -0.05) is 31.3 Å². The Bertz CT molecular complexity index is 1400. The lowest BCUT2D eigenvalue weighted by atomic mass is 10.2. The van der Waals surface area contributed by atoms with Crippen LogP contribution in [0.2, 0.25) is 0 Å². The third kappa shape index (κ3) is 6.65. The zero-order valence-electron chi connectivity index (χ0n) is 21.6. The fraction of sp³-hybridized carbons (Fsp3) is 0.423. The van der Waals surface area contributed by atoms with E-state index < -0.39 is 21.9 Å². The quantitative estimate of drug-likeness (QED) is 0.314. The highest BCUT2D eigenvalue weighted by Gasteiger charge is 2.23. The number of sulfonamides is 1. The molecule has 0 saturated carbocycles. The van der Waals surface area contributed by atoms with Crippen LogP contribution in [-0.4, -0.2) is 55.5 Å². The maximum atomic E-state index is 13.1. The molecule has 2 aromatic carbocycles. The van der Waals surface area contributed by atoms with E-state index in [1.807, 2.05) is 32.9 Å². The molecule has 37 heavy (non-hydrogen) atoms. The molecule has 0 fully saturated rings. The van der Waals surface area contributed by atoms with E-state index in [1.165, 1.54) is 39.9 Å². The van der Waals surface area contributed by atoms with E-state index in [9.17, 15) is 18.0 Å². The molecule has 0 aliphatic heterocycles. The first-order valence-electron chi connectivity index (χ1n) is 12.4. The van der Waals surface area contributed by atoms with Crippen molar-refractivity contribution in [3.63, 3.8) is 0 Å². The number of rotatable bonds is 12. The summed E-state index contributed by atoms with van der Waals surface area (Å²) in [5, 5.41) is 0. The van der Waals surface area contributed by atoms with Crippen LogP contribution in [0.5, 0.6) is 5.75 Å². The molecule has 0 radical (unpaired) electrons. The van der Waals surface area contributed by atoms with Gasteiger partial charge in [-0.2, -0.15) is 9.30 Å². The van der Waals surface area contributed by atoms with E-state index in [0.29, 0.717) is 48.6 Å². The lowest BCUT2D eigenvalue weighted by Crippen LogP contribution is -2.32. The summed E-state index contributed by atoms with van der Waals surface area (Å²) >= 11 is 1.25. The van der Waals surface area contributed by atoms with E-state index in [2.05, 4.69) is 4.99 Å². The van der Waals surface area contributed by atoms with Gasteiger partial charge in [-0.05, 0) is 63.1 Å². The average Bonchev–Trinajstić information content (AvgIpc) is 3.21. The molecule has 0 saturated heterocycles.